The third-order valence-corrected chi connectivity index (χ3v) is 2.42. The second kappa shape index (κ2) is 3.00. The highest BCUT2D eigenvalue weighted by Crippen LogP contribution is 2.33. The minimum Gasteiger partial charge on any atom is -0.491 e. The van der Waals surface area contributed by atoms with Crippen LogP contribution in [0.3, 0.4) is 0 Å². The Labute approximate surface area is 76.7 Å². The van der Waals surface area contributed by atoms with Crippen LogP contribution in [0.4, 0.5) is 4.39 Å². The van der Waals surface area contributed by atoms with E-state index in [1.165, 1.54) is 6.07 Å². The Balaban J connectivity index is 2.47. The molecule has 0 fully saturated rings. The van der Waals surface area contributed by atoms with Crippen molar-refractivity contribution in [2.75, 3.05) is 13.7 Å². The molecule has 1 heterocycles. The van der Waals surface area contributed by atoms with Gasteiger partial charge in [-0.3, -0.25) is 0 Å². The van der Waals surface area contributed by atoms with E-state index in [1.54, 1.807) is 6.92 Å². The first kappa shape index (κ1) is 8.51. The Morgan fingerprint density at radius 3 is 3.00 bits per heavy atom. The van der Waals surface area contributed by atoms with Gasteiger partial charge in [0.15, 0.2) is 0 Å². The highest BCUT2D eigenvalue weighted by atomic mass is 19.1. The highest BCUT2D eigenvalue weighted by Gasteiger charge is 2.23. The quantitative estimate of drug-likeness (QED) is 0.713. The lowest BCUT2D eigenvalue weighted by Crippen LogP contribution is -2.17. The minimum atomic E-state index is -0.199. The molecule has 0 saturated carbocycles. The smallest absolute Gasteiger partial charge is 0.129 e. The van der Waals surface area contributed by atoms with Gasteiger partial charge in [0, 0.05) is 11.6 Å². The number of fused-ring (bicyclic) bond motifs is 1. The van der Waals surface area contributed by atoms with E-state index in [4.69, 9.17) is 4.74 Å². The summed E-state index contributed by atoms with van der Waals surface area (Å²) < 4.78 is 18.4. The van der Waals surface area contributed by atoms with Crippen molar-refractivity contribution in [2.45, 2.75) is 13.0 Å². The number of aryl methyl sites for hydroxylation is 1. The third kappa shape index (κ3) is 1.29. The van der Waals surface area contributed by atoms with Crippen molar-refractivity contribution in [3.63, 3.8) is 0 Å². The van der Waals surface area contributed by atoms with Crippen LogP contribution in [0.5, 0.6) is 5.75 Å². The fraction of sp³-hybridized carbons (Fsp3) is 0.400. The zero-order valence-corrected chi connectivity index (χ0v) is 7.73. The molecule has 2 nitrogen and oxygen atoms in total. The van der Waals surface area contributed by atoms with Crippen LogP contribution in [-0.2, 0) is 0 Å². The number of rotatable bonds is 1. The number of nitrogens with one attached hydrogen (secondary N) is 1. The number of hydrogen-bond acceptors (Lipinski definition) is 2. The maximum atomic E-state index is 13.1. The zero-order chi connectivity index (χ0) is 9.42. The van der Waals surface area contributed by atoms with E-state index in [0.29, 0.717) is 17.9 Å². The van der Waals surface area contributed by atoms with E-state index in [9.17, 15) is 4.39 Å². The molecule has 0 spiro atoms. The molecular formula is C10H12FNO. The largest absolute Gasteiger partial charge is 0.491 e. The SMILES string of the molecule is CNC1COc2cc(F)c(C)cc21. The second-order valence-electron chi connectivity index (χ2n) is 3.29. The molecule has 70 valence electrons. The van der Waals surface area contributed by atoms with E-state index in [-0.39, 0.29) is 11.9 Å². The molecule has 1 aliphatic heterocycles. The van der Waals surface area contributed by atoms with Crippen molar-refractivity contribution in [1.82, 2.24) is 5.32 Å². The van der Waals surface area contributed by atoms with Crippen LogP contribution in [0, 0.1) is 12.7 Å². The summed E-state index contributed by atoms with van der Waals surface area (Å²) in [6.45, 7) is 2.36. The number of likely N-dealkylation sites (N-methyl/N-ethyl adjacent to an activating group) is 1. The van der Waals surface area contributed by atoms with Crippen LogP contribution in [0.15, 0.2) is 12.1 Å². The predicted molar refractivity (Wildman–Crippen MR) is 48.4 cm³/mol. The molecule has 0 aromatic heterocycles. The Morgan fingerprint density at radius 2 is 2.31 bits per heavy atom. The normalized spacial score (nSPS) is 19.8. The van der Waals surface area contributed by atoms with Gasteiger partial charge >= 0.3 is 0 Å². The van der Waals surface area contributed by atoms with Crippen LogP contribution < -0.4 is 10.1 Å². The monoisotopic (exact) mass is 181 g/mol. The van der Waals surface area contributed by atoms with Crippen molar-refractivity contribution >= 4 is 0 Å². The van der Waals surface area contributed by atoms with Gasteiger partial charge < -0.3 is 10.1 Å². The minimum absolute atomic E-state index is 0.199. The van der Waals surface area contributed by atoms with E-state index < -0.39 is 0 Å². The average molecular weight is 181 g/mol. The fourth-order valence-electron chi connectivity index (χ4n) is 1.58. The lowest BCUT2D eigenvalue weighted by atomic mass is 10.1. The first-order valence-corrected chi connectivity index (χ1v) is 4.32. The van der Waals surface area contributed by atoms with Crippen LogP contribution >= 0.6 is 0 Å². The van der Waals surface area contributed by atoms with Crippen LogP contribution in [-0.4, -0.2) is 13.7 Å². The van der Waals surface area contributed by atoms with Crippen molar-refractivity contribution in [2.24, 2.45) is 0 Å². The Hall–Kier alpha value is -1.09. The first-order valence-electron chi connectivity index (χ1n) is 4.32. The number of hydrogen-bond donors (Lipinski definition) is 1. The molecule has 2 rings (SSSR count). The van der Waals surface area contributed by atoms with E-state index in [0.717, 1.165) is 5.56 Å². The summed E-state index contributed by atoms with van der Waals surface area (Å²) in [7, 11) is 1.88. The van der Waals surface area contributed by atoms with E-state index >= 15 is 0 Å². The molecule has 0 bridgehead atoms. The van der Waals surface area contributed by atoms with Gasteiger partial charge in [0.05, 0.1) is 6.04 Å². The Morgan fingerprint density at radius 1 is 1.54 bits per heavy atom. The Kier molecular flexibility index (Phi) is 1.96. The molecule has 1 N–H and O–H groups in total. The van der Waals surface area contributed by atoms with Crippen LogP contribution in [0.2, 0.25) is 0 Å². The van der Waals surface area contributed by atoms with Gasteiger partial charge in [0.2, 0.25) is 0 Å². The number of benzene rings is 1. The van der Waals surface area contributed by atoms with E-state index in [2.05, 4.69) is 5.32 Å². The lowest BCUT2D eigenvalue weighted by molar-refractivity contribution is 0.317. The van der Waals surface area contributed by atoms with Crippen molar-refractivity contribution in [3.8, 4) is 5.75 Å². The summed E-state index contributed by atoms with van der Waals surface area (Å²) in [5.74, 6) is 0.470. The molecule has 1 aromatic carbocycles. The van der Waals surface area contributed by atoms with Gasteiger partial charge in [-0.05, 0) is 25.6 Å². The highest BCUT2D eigenvalue weighted by molar-refractivity contribution is 5.42. The maximum absolute atomic E-state index is 13.1. The van der Waals surface area contributed by atoms with Crippen molar-refractivity contribution < 1.29 is 9.13 Å². The van der Waals surface area contributed by atoms with Crippen LogP contribution in [0.25, 0.3) is 0 Å². The zero-order valence-electron chi connectivity index (χ0n) is 7.73. The van der Waals surface area contributed by atoms with E-state index in [1.807, 2.05) is 13.1 Å². The standard InChI is InChI=1S/C10H12FNO/c1-6-3-7-9(12-2)5-13-10(7)4-8(6)11/h3-4,9,12H,5H2,1-2H3. The molecular weight excluding hydrogens is 169 g/mol. The van der Waals surface area contributed by atoms with Gasteiger partial charge in [0.25, 0.3) is 0 Å². The number of ether oxygens (including phenoxy) is 1. The topological polar surface area (TPSA) is 21.3 Å². The maximum Gasteiger partial charge on any atom is 0.129 e. The predicted octanol–water partition coefficient (Wildman–Crippen LogP) is 1.79. The summed E-state index contributed by atoms with van der Waals surface area (Å²) in [4.78, 5) is 0. The van der Waals surface area contributed by atoms with Crippen molar-refractivity contribution in [3.05, 3.63) is 29.1 Å². The first-order chi connectivity index (χ1) is 6.22. The lowest BCUT2D eigenvalue weighted by Gasteiger charge is -2.06. The fourth-order valence-corrected chi connectivity index (χ4v) is 1.58. The van der Waals surface area contributed by atoms with Crippen molar-refractivity contribution in [1.29, 1.82) is 0 Å². The van der Waals surface area contributed by atoms with Gasteiger partial charge in [-0.25, -0.2) is 4.39 Å². The molecule has 13 heavy (non-hydrogen) atoms. The van der Waals surface area contributed by atoms with Gasteiger partial charge in [0.1, 0.15) is 18.2 Å². The van der Waals surface area contributed by atoms with Gasteiger partial charge in [-0.15, -0.1) is 0 Å². The molecule has 1 unspecified atom stereocenters. The molecule has 0 amide bonds. The van der Waals surface area contributed by atoms with Crippen LogP contribution in [0.1, 0.15) is 17.2 Å². The Bertz CT molecular complexity index is 338. The summed E-state index contributed by atoms with van der Waals surface area (Å²) in [6.07, 6.45) is 0. The summed E-state index contributed by atoms with van der Waals surface area (Å²) in [5, 5.41) is 3.12. The summed E-state index contributed by atoms with van der Waals surface area (Å²) in [6, 6.07) is 3.51. The second-order valence-corrected chi connectivity index (χ2v) is 3.29. The molecule has 1 atom stereocenters. The summed E-state index contributed by atoms with van der Waals surface area (Å²) >= 11 is 0. The molecule has 0 radical (unpaired) electrons. The average Bonchev–Trinajstić information content (AvgIpc) is 2.48. The van der Waals surface area contributed by atoms with Gasteiger partial charge in [-0.2, -0.15) is 0 Å². The molecule has 0 aliphatic carbocycles. The third-order valence-electron chi connectivity index (χ3n) is 2.42. The van der Waals surface area contributed by atoms with Gasteiger partial charge in [-0.1, -0.05) is 0 Å². The molecule has 1 aromatic rings. The summed E-state index contributed by atoms with van der Waals surface area (Å²) in [5.41, 5.74) is 1.73. The molecule has 1 aliphatic rings. The molecule has 3 heteroatoms. The molecule has 0 saturated heterocycles. The number of halogens is 1.